The third-order valence-corrected chi connectivity index (χ3v) is 12.4. The van der Waals surface area contributed by atoms with Crippen molar-refractivity contribution >= 4 is 41.4 Å². The van der Waals surface area contributed by atoms with Gasteiger partial charge in [-0.2, -0.15) is 0 Å². The number of ketones is 2. The zero-order valence-corrected chi connectivity index (χ0v) is 33.7. The van der Waals surface area contributed by atoms with Crippen molar-refractivity contribution in [3.05, 3.63) is 75.4 Å². The van der Waals surface area contributed by atoms with Crippen LogP contribution in [0.2, 0.25) is 0 Å². The molecule has 3 aromatic rings. The Labute approximate surface area is 378 Å². The third kappa shape index (κ3) is 5.84. The number of rotatable bonds is 2. The molecule has 0 radical (unpaired) electrons. The molecule has 0 aromatic heterocycles. The predicted octanol–water partition coefficient (Wildman–Crippen LogP) is -3.85. The molecular weight excluding hydrogens is 940 g/mol. The maximum Gasteiger partial charge on any atom is 0.340 e. The number of esters is 5. The van der Waals surface area contributed by atoms with E-state index in [4.69, 9.17) is 37.9 Å². The van der Waals surface area contributed by atoms with Crippen LogP contribution in [0.25, 0.3) is 0 Å². The first-order chi connectivity index (χ1) is 32.2. The molecule has 1 saturated heterocycles. The zero-order valence-electron chi connectivity index (χ0n) is 33.7. The molecule has 2 aliphatic carbocycles. The molecule has 3 unspecified atom stereocenters. The van der Waals surface area contributed by atoms with Crippen LogP contribution in [0.5, 0.6) is 51.7 Å². The first kappa shape index (κ1) is 44.6. The fraction of sp³-hybridized carbons (Fsp3) is 0.293. The lowest BCUT2D eigenvalue weighted by Crippen LogP contribution is -2.70. The Hall–Kier alpha value is -8.25. The second-order valence-corrected chi connectivity index (χ2v) is 16.3. The lowest BCUT2D eigenvalue weighted by atomic mass is 9.70. The number of ether oxygens (including phenoxy) is 8. The van der Waals surface area contributed by atoms with Crippen molar-refractivity contribution in [2.45, 2.75) is 65.7 Å². The predicted molar refractivity (Wildman–Crippen MR) is 201 cm³/mol. The molecule has 9 atom stereocenters. The Bertz CT molecular complexity index is 3010. The topological polar surface area (TPSA) is 456 Å². The normalized spacial score (nSPS) is 31.2. The number of carbonyl (C=O) groups excluding carboxylic acids is 7. The number of hydrogen-bond acceptors (Lipinski definition) is 28. The van der Waals surface area contributed by atoms with Crippen molar-refractivity contribution < 1.29 is 138 Å². The van der Waals surface area contributed by atoms with Crippen molar-refractivity contribution in [3.8, 4) is 51.7 Å². The smallest absolute Gasteiger partial charge is 0.340 e. The largest absolute Gasteiger partial charge is 0.504 e. The van der Waals surface area contributed by atoms with E-state index in [9.17, 15) is 99.9 Å². The van der Waals surface area contributed by atoms with Gasteiger partial charge in [0.15, 0.2) is 52.5 Å². The molecule has 10 rings (SSSR count). The number of phenols is 7. The molecule has 69 heavy (non-hydrogen) atoms. The van der Waals surface area contributed by atoms with Crippen molar-refractivity contribution in [3.63, 3.8) is 0 Å². The second kappa shape index (κ2) is 14.1. The van der Waals surface area contributed by atoms with Gasteiger partial charge in [0.2, 0.25) is 35.5 Å². The molecular formula is C41H28O28. The highest BCUT2D eigenvalue weighted by molar-refractivity contribution is 6.10. The summed E-state index contributed by atoms with van der Waals surface area (Å²) < 4.78 is 44.1. The molecule has 0 spiro atoms. The van der Waals surface area contributed by atoms with Crippen LogP contribution in [-0.2, 0) is 47.6 Å². The number of benzene rings is 3. The molecule has 5 aliphatic heterocycles. The monoisotopic (exact) mass is 968 g/mol. The molecule has 28 heteroatoms. The van der Waals surface area contributed by atoms with Gasteiger partial charge in [-0.05, 0) is 36.4 Å². The van der Waals surface area contributed by atoms with Crippen LogP contribution in [0.15, 0.2) is 47.6 Å². The Morgan fingerprint density at radius 2 is 0.986 bits per heavy atom. The number of fused-ring (bicyclic) bond motifs is 2. The highest BCUT2D eigenvalue weighted by atomic mass is 16.8. The summed E-state index contributed by atoms with van der Waals surface area (Å²) in [7, 11) is 0. The lowest BCUT2D eigenvalue weighted by Gasteiger charge is -2.50. The molecule has 13 N–H and O–H groups in total. The van der Waals surface area contributed by atoms with Gasteiger partial charge < -0.3 is 104 Å². The number of hydrogen-bond donors (Lipinski definition) is 13. The van der Waals surface area contributed by atoms with Crippen LogP contribution in [0, 0.1) is 0 Å². The van der Waals surface area contributed by atoms with E-state index in [1.165, 1.54) is 0 Å². The van der Waals surface area contributed by atoms with E-state index in [0.717, 1.165) is 0 Å². The SMILES string of the molecule is O=C1OC2[C@H]3OC(=O)C4=CC(=O)[C@@]5(O)Oc6c(O)c(O)cc(c6C4C5(O)O)C(=O)OC[C@H]2O[C@@H](OC(=O)c2cc(O)c(O)c(O)c2)[C@@H]3OC(=O)c2cc(O)c(O)c3c2C2C1=CC(=O)[C@](O)(O3)C2(O)O. The van der Waals surface area contributed by atoms with Gasteiger partial charge >= 0.3 is 41.4 Å². The van der Waals surface area contributed by atoms with E-state index < -0.39 is 204 Å². The van der Waals surface area contributed by atoms with Gasteiger partial charge in [-0.3, -0.25) is 9.59 Å². The van der Waals surface area contributed by atoms with Crippen LogP contribution >= 0.6 is 0 Å². The average Bonchev–Trinajstić information content (AvgIpc) is 3.27. The number of cyclic esters (lactones) is 1. The number of carbonyl (C=O) groups is 7. The number of phenolic OH excluding ortho intramolecular Hbond substituents is 7. The van der Waals surface area contributed by atoms with Gasteiger partial charge in [0, 0.05) is 11.1 Å². The van der Waals surface area contributed by atoms with E-state index in [0.29, 0.717) is 24.3 Å². The third-order valence-electron chi connectivity index (χ3n) is 12.4. The van der Waals surface area contributed by atoms with Crippen LogP contribution < -0.4 is 9.47 Å². The van der Waals surface area contributed by atoms with Crippen molar-refractivity contribution in [2.24, 2.45) is 0 Å². The van der Waals surface area contributed by atoms with E-state index in [-0.39, 0.29) is 12.2 Å². The Balaban J connectivity index is 1.20. The molecule has 7 aliphatic rings. The van der Waals surface area contributed by atoms with E-state index in [2.05, 4.69) is 0 Å². The average molecular weight is 969 g/mol. The second-order valence-electron chi connectivity index (χ2n) is 16.3. The highest BCUT2D eigenvalue weighted by Crippen LogP contribution is 2.60. The summed E-state index contributed by atoms with van der Waals surface area (Å²) >= 11 is 0. The van der Waals surface area contributed by atoms with E-state index in [1.807, 2.05) is 0 Å². The molecule has 8 bridgehead atoms. The van der Waals surface area contributed by atoms with E-state index in [1.54, 1.807) is 0 Å². The summed E-state index contributed by atoms with van der Waals surface area (Å²) in [5.41, 5.74) is -7.28. The highest BCUT2D eigenvalue weighted by Gasteiger charge is 2.72. The Kier molecular flexibility index (Phi) is 9.14. The molecule has 28 nitrogen and oxygen atoms in total. The Morgan fingerprint density at radius 3 is 1.48 bits per heavy atom. The first-order valence-corrected chi connectivity index (χ1v) is 19.6. The fourth-order valence-electron chi connectivity index (χ4n) is 9.07. The molecule has 360 valence electrons. The summed E-state index contributed by atoms with van der Waals surface area (Å²) in [5.74, 6) is -44.5. The van der Waals surface area contributed by atoms with Crippen molar-refractivity contribution in [1.29, 1.82) is 0 Å². The van der Waals surface area contributed by atoms with Gasteiger partial charge in [0.05, 0.1) is 39.7 Å². The van der Waals surface area contributed by atoms with Crippen LogP contribution in [0.1, 0.15) is 54.0 Å². The summed E-state index contributed by atoms with van der Waals surface area (Å²) in [6, 6.07) is 1.96. The molecule has 0 amide bonds. The van der Waals surface area contributed by atoms with Gasteiger partial charge in [-0.15, -0.1) is 0 Å². The quantitative estimate of drug-likeness (QED) is 0.0506. The first-order valence-electron chi connectivity index (χ1n) is 19.6. The van der Waals surface area contributed by atoms with Crippen LogP contribution in [0.4, 0.5) is 0 Å². The summed E-state index contributed by atoms with van der Waals surface area (Å²) in [4.78, 5) is 98.7. The maximum atomic E-state index is 14.7. The minimum absolute atomic E-state index is 0.217. The minimum Gasteiger partial charge on any atom is -0.504 e. The van der Waals surface area contributed by atoms with Crippen molar-refractivity contribution in [1.82, 2.24) is 0 Å². The zero-order chi connectivity index (χ0) is 49.9. The van der Waals surface area contributed by atoms with Crippen LogP contribution in [-0.4, -0.2) is 168 Å². The lowest BCUT2D eigenvalue weighted by molar-refractivity contribution is -0.340. The standard InChI is InChI=1S/C41H28O28/c42-13-1-8(2-14(43)24(13)48)32(51)67-37-31-30-27(64-35(54)11-5-18(46)41(61)39(58,59)23(11)21-10(34(53)66-31)4-16(45)26(50)29(21)69-41)17(63-37)7-62-33(52)9-3-15(44)25(49)28-20(9)22-12(36(55)65-30)6-19(47)40(60,68-28)38(22,56)57/h1-6,17,22-23,27,30-31,37,42-45,48-50,56-61H,7H2/t17-,22?,23?,27?,30-,31-,37+,40-,41+/m1/s1. The minimum atomic E-state index is -4.02. The van der Waals surface area contributed by atoms with Gasteiger partial charge in [-0.25, -0.2) is 24.0 Å². The van der Waals surface area contributed by atoms with Crippen molar-refractivity contribution in [2.75, 3.05) is 6.61 Å². The maximum absolute atomic E-state index is 14.7. The van der Waals surface area contributed by atoms with Gasteiger partial charge in [-0.1, -0.05) is 0 Å². The molecule has 5 heterocycles. The summed E-state index contributed by atoms with van der Waals surface area (Å²) in [5, 5.41) is 142. The number of aliphatic hydroxyl groups is 6. The van der Waals surface area contributed by atoms with Crippen LogP contribution in [0.3, 0.4) is 0 Å². The van der Waals surface area contributed by atoms with Gasteiger partial charge in [0.1, 0.15) is 12.7 Å². The van der Waals surface area contributed by atoms with Gasteiger partial charge in [0.25, 0.3) is 11.6 Å². The Morgan fingerprint density at radius 1 is 0.551 bits per heavy atom. The fourth-order valence-corrected chi connectivity index (χ4v) is 9.07. The summed E-state index contributed by atoms with van der Waals surface area (Å²) in [6.07, 6.45) is -12.1. The summed E-state index contributed by atoms with van der Waals surface area (Å²) in [6.45, 7) is -1.32. The van der Waals surface area contributed by atoms with E-state index >= 15 is 0 Å². The molecule has 0 saturated carbocycles. The molecule has 1 fully saturated rings. The molecule has 3 aromatic carbocycles. The number of aromatic hydroxyl groups is 7.